The molecule has 0 saturated carbocycles. The van der Waals surface area contributed by atoms with Crippen molar-refractivity contribution >= 4 is 11.6 Å². The van der Waals surface area contributed by atoms with Crippen molar-refractivity contribution in [3.63, 3.8) is 0 Å². The van der Waals surface area contributed by atoms with E-state index in [1.54, 1.807) is 0 Å². The molecule has 7 heteroatoms. The maximum absolute atomic E-state index is 6.48. The summed E-state index contributed by atoms with van der Waals surface area (Å²) in [5, 5.41) is 13.5. The van der Waals surface area contributed by atoms with Crippen LogP contribution in [0.2, 0.25) is 5.02 Å². The van der Waals surface area contributed by atoms with Gasteiger partial charge in [0.15, 0.2) is 0 Å². The fourth-order valence-corrected chi connectivity index (χ4v) is 4.22. The van der Waals surface area contributed by atoms with Gasteiger partial charge in [-0.1, -0.05) is 79.1 Å². The Morgan fingerprint density at radius 2 is 1.71 bits per heavy atom. The lowest BCUT2D eigenvalue weighted by Gasteiger charge is -2.31. The molecule has 0 N–H and O–H groups in total. The highest BCUT2D eigenvalue weighted by Gasteiger charge is 2.26. The van der Waals surface area contributed by atoms with Crippen LogP contribution in [0.15, 0.2) is 63.5 Å². The van der Waals surface area contributed by atoms with E-state index in [2.05, 4.69) is 40.2 Å². The van der Waals surface area contributed by atoms with Crippen molar-refractivity contribution in [2.75, 3.05) is 7.05 Å². The van der Waals surface area contributed by atoms with E-state index in [1.165, 1.54) is 0 Å². The number of nitrogens with zero attached hydrogens (tertiary/aromatic N) is 4. The molecule has 0 aliphatic carbocycles. The zero-order valence-corrected chi connectivity index (χ0v) is 18.8. The van der Waals surface area contributed by atoms with Crippen LogP contribution in [0.4, 0.5) is 0 Å². The van der Waals surface area contributed by atoms with Crippen LogP contribution >= 0.6 is 11.6 Å². The maximum Gasteiger partial charge on any atom is 0.253 e. The highest BCUT2D eigenvalue weighted by atomic mass is 35.5. The third-order valence-electron chi connectivity index (χ3n) is 5.31. The van der Waals surface area contributed by atoms with Crippen molar-refractivity contribution < 1.29 is 8.94 Å². The van der Waals surface area contributed by atoms with Gasteiger partial charge in [-0.15, -0.1) is 10.2 Å². The molecule has 1 atom stereocenters. The lowest BCUT2D eigenvalue weighted by molar-refractivity contribution is 0.171. The van der Waals surface area contributed by atoms with Gasteiger partial charge in [-0.3, -0.25) is 4.90 Å². The van der Waals surface area contributed by atoms with Crippen molar-refractivity contribution in [1.82, 2.24) is 20.3 Å². The number of rotatable bonds is 7. The molecule has 0 fully saturated rings. The highest BCUT2D eigenvalue weighted by Crippen LogP contribution is 2.35. The molecule has 0 bridgehead atoms. The lowest BCUT2D eigenvalue weighted by Crippen LogP contribution is -2.28. The fourth-order valence-electron chi connectivity index (χ4n) is 3.97. The van der Waals surface area contributed by atoms with Gasteiger partial charge >= 0.3 is 0 Å². The monoisotopic (exact) mass is 436 g/mol. The number of halogens is 1. The van der Waals surface area contributed by atoms with E-state index < -0.39 is 0 Å². The zero-order chi connectivity index (χ0) is 22.0. The summed E-state index contributed by atoms with van der Waals surface area (Å²) in [6.07, 6.45) is 0. The summed E-state index contributed by atoms with van der Waals surface area (Å²) >= 11 is 6.48. The van der Waals surface area contributed by atoms with E-state index in [9.17, 15) is 0 Å². The van der Waals surface area contributed by atoms with E-state index in [1.807, 2.05) is 62.5 Å². The molecule has 2 aromatic carbocycles. The smallest absolute Gasteiger partial charge is 0.253 e. The summed E-state index contributed by atoms with van der Waals surface area (Å²) in [4.78, 5) is 2.18. The van der Waals surface area contributed by atoms with Crippen LogP contribution in [-0.4, -0.2) is 27.3 Å². The van der Waals surface area contributed by atoms with Crippen molar-refractivity contribution in [1.29, 1.82) is 0 Å². The minimum Gasteiger partial charge on any atom is -0.419 e. The molecule has 0 radical (unpaired) electrons. The van der Waals surface area contributed by atoms with Crippen LogP contribution in [0.5, 0.6) is 0 Å². The number of hydrogen-bond donors (Lipinski definition) is 0. The third kappa shape index (κ3) is 4.40. The van der Waals surface area contributed by atoms with Gasteiger partial charge in [0.25, 0.3) is 5.89 Å². The van der Waals surface area contributed by atoms with Crippen LogP contribution in [-0.2, 0) is 6.54 Å². The second kappa shape index (κ2) is 9.04. The van der Waals surface area contributed by atoms with Crippen LogP contribution in [0, 0.1) is 12.8 Å². The van der Waals surface area contributed by atoms with Gasteiger partial charge in [0.05, 0.1) is 6.54 Å². The minimum absolute atomic E-state index is 0.112. The standard InChI is InChI=1S/C24H25ClN4O2/c1-15(2)23(18-12-8-9-13-19(18)25)29(4)14-20-26-27-24(30-20)21-16(3)31-28-22(21)17-10-6-5-7-11-17/h5-13,15,23H,14H2,1-4H3. The predicted molar refractivity (Wildman–Crippen MR) is 120 cm³/mol. The van der Waals surface area contributed by atoms with Crippen LogP contribution in [0.1, 0.15) is 37.1 Å². The topological polar surface area (TPSA) is 68.2 Å². The Morgan fingerprint density at radius 1 is 1.00 bits per heavy atom. The summed E-state index contributed by atoms with van der Waals surface area (Å²) in [6, 6.07) is 17.9. The molecule has 6 nitrogen and oxygen atoms in total. The van der Waals surface area contributed by atoms with E-state index >= 15 is 0 Å². The van der Waals surface area contributed by atoms with E-state index in [0.29, 0.717) is 35.7 Å². The summed E-state index contributed by atoms with van der Waals surface area (Å²) in [6.45, 7) is 6.69. The van der Waals surface area contributed by atoms with Crippen molar-refractivity contribution in [2.24, 2.45) is 5.92 Å². The lowest BCUT2D eigenvalue weighted by atomic mass is 9.94. The van der Waals surface area contributed by atoms with Crippen LogP contribution in [0.3, 0.4) is 0 Å². The highest BCUT2D eigenvalue weighted by molar-refractivity contribution is 6.31. The van der Waals surface area contributed by atoms with Gasteiger partial charge in [0.2, 0.25) is 5.89 Å². The quantitative estimate of drug-likeness (QED) is 0.344. The number of aryl methyl sites for hydroxylation is 1. The third-order valence-corrected chi connectivity index (χ3v) is 5.65. The first-order valence-electron chi connectivity index (χ1n) is 10.2. The van der Waals surface area contributed by atoms with E-state index in [4.69, 9.17) is 20.5 Å². The number of aromatic nitrogens is 3. The Hall–Kier alpha value is -2.96. The molecule has 2 aromatic heterocycles. The molecule has 4 rings (SSSR count). The normalized spacial score (nSPS) is 12.6. The Morgan fingerprint density at radius 3 is 2.42 bits per heavy atom. The molecular weight excluding hydrogens is 412 g/mol. The fraction of sp³-hybridized carbons (Fsp3) is 0.292. The van der Waals surface area contributed by atoms with Gasteiger partial charge in [-0.2, -0.15) is 0 Å². The first-order valence-corrected chi connectivity index (χ1v) is 10.6. The zero-order valence-electron chi connectivity index (χ0n) is 18.0. The predicted octanol–water partition coefficient (Wildman–Crippen LogP) is 6.18. The Balaban J connectivity index is 1.60. The SMILES string of the molecule is Cc1onc(-c2ccccc2)c1-c1nnc(CN(C)C(c2ccccc2Cl)C(C)C)o1. The summed E-state index contributed by atoms with van der Waals surface area (Å²) in [7, 11) is 2.04. The molecule has 2 heterocycles. The minimum atomic E-state index is 0.112. The van der Waals surface area contributed by atoms with E-state index in [0.717, 1.165) is 21.7 Å². The van der Waals surface area contributed by atoms with Gasteiger partial charge in [0, 0.05) is 16.6 Å². The first kappa shape index (κ1) is 21.3. The molecule has 1 unspecified atom stereocenters. The number of benzene rings is 2. The second-order valence-electron chi connectivity index (χ2n) is 7.95. The summed E-state index contributed by atoms with van der Waals surface area (Å²) < 4.78 is 11.5. The van der Waals surface area contributed by atoms with Gasteiger partial charge < -0.3 is 8.94 Å². The summed E-state index contributed by atoms with van der Waals surface area (Å²) in [5.74, 6) is 1.91. The molecule has 0 aliphatic rings. The van der Waals surface area contributed by atoms with Gasteiger partial charge in [-0.05, 0) is 31.5 Å². The average Bonchev–Trinajstić information content (AvgIpc) is 3.36. The van der Waals surface area contributed by atoms with Gasteiger partial charge in [0.1, 0.15) is 17.0 Å². The molecule has 160 valence electrons. The Bertz CT molecular complexity index is 1150. The number of hydrogen-bond acceptors (Lipinski definition) is 6. The molecular formula is C24H25ClN4O2. The van der Waals surface area contributed by atoms with Crippen molar-refractivity contribution in [3.8, 4) is 22.7 Å². The molecule has 4 aromatic rings. The summed E-state index contributed by atoms with van der Waals surface area (Å²) in [5.41, 5.74) is 3.43. The first-order chi connectivity index (χ1) is 15.0. The van der Waals surface area contributed by atoms with Gasteiger partial charge in [-0.25, -0.2) is 0 Å². The molecule has 0 saturated heterocycles. The Labute approximate surface area is 186 Å². The second-order valence-corrected chi connectivity index (χ2v) is 8.36. The molecule has 31 heavy (non-hydrogen) atoms. The van der Waals surface area contributed by atoms with Crippen molar-refractivity contribution in [2.45, 2.75) is 33.4 Å². The molecule has 0 amide bonds. The van der Waals surface area contributed by atoms with E-state index in [-0.39, 0.29) is 6.04 Å². The largest absolute Gasteiger partial charge is 0.419 e. The van der Waals surface area contributed by atoms with Crippen LogP contribution in [0.25, 0.3) is 22.7 Å². The van der Waals surface area contributed by atoms with Crippen LogP contribution < -0.4 is 0 Å². The maximum atomic E-state index is 6.48. The molecule has 0 aliphatic heterocycles. The Kier molecular flexibility index (Phi) is 6.20. The average molecular weight is 437 g/mol. The van der Waals surface area contributed by atoms with Crippen molar-refractivity contribution in [3.05, 3.63) is 76.8 Å². The molecule has 0 spiro atoms.